The molecule has 0 aliphatic rings. The average molecular weight is 152 g/mol. The Morgan fingerprint density at radius 3 is 2.00 bits per heavy atom. The molecule has 6 N–H and O–H groups in total. The quantitative estimate of drug-likeness (QED) is 0.101. The second kappa shape index (κ2) is 3.85. The van der Waals surface area contributed by atoms with Crippen molar-refractivity contribution in [1.82, 2.24) is 10.3 Å². The summed E-state index contributed by atoms with van der Waals surface area (Å²) in [5.74, 6) is -0.887. The van der Waals surface area contributed by atoms with Gasteiger partial charge in [0, 0.05) is 0 Å². The lowest BCUT2D eigenvalue weighted by Gasteiger charge is -2.16. The van der Waals surface area contributed by atoms with Gasteiger partial charge < -0.3 is 10.9 Å². The minimum atomic E-state index is -0.887. The van der Waals surface area contributed by atoms with Crippen LogP contribution in [0.3, 0.4) is 0 Å². The molecule has 0 saturated carbocycles. The highest BCUT2D eigenvalue weighted by atomic mass is 16.8. The maximum atomic E-state index is 8.54. The van der Waals surface area contributed by atoms with Crippen LogP contribution in [0.25, 0.3) is 0 Å². The van der Waals surface area contributed by atoms with E-state index in [1.54, 1.807) is 0 Å². The summed E-state index contributed by atoms with van der Waals surface area (Å²) in [6, 6.07) is 0. The number of rotatable bonds is 1. The highest BCUT2D eigenvalue weighted by molar-refractivity contribution is 5.75. The van der Waals surface area contributed by atoms with E-state index in [1.165, 1.54) is 0 Å². The van der Waals surface area contributed by atoms with Crippen molar-refractivity contribution in [2.45, 2.75) is 0 Å². The highest BCUT2D eigenvalue weighted by Crippen LogP contribution is 1.85. The average Bonchev–Trinajstić information content (AvgIpc) is 1.88. The summed E-state index contributed by atoms with van der Waals surface area (Å²) in [6.07, 6.45) is 0. The zero-order valence-corrected chi connectivity index (χ0v) is 4.91. The van der Waals surface area contributed by atoms with E-state index in [-0.39, 0.29) is 5.06 Å². The van der Waals surface area contributed by atoms with Crippen LogP contribution in [0, 0.1) is 0 Å². The van der Waals surface area contributed by atoms with Gasteiger partial charge in [0.05, 0.1) is 6.67 Å². The lowest BCUT2D eigenvalue weighted by Crippen LogP contribution is -2.42. The molecule has 0 aliphatic heterocycles. The smallest absolute Gasteiger partial charge is 0.313 e. The normalized spacial score (nSPS) is 11.4. The second-order valence-corrected chi connectivity index (χ2v) is 1.27. The summed E-state index contributed by atoms with van der Waals surface area (Å²) in [5.41, 5.74) is 4.82. The van der Waals surface area contributed by atoms with Gasteiger partial charge in [-0.25, -0.2) is 5.06 Å². The van der Waals surface area contributed by atoms with E-state index in [9.17, 15) is 0 Å². The van der Waals surface area contributed by atoms with E-state index >= 15 is 0 Å². The predicted octanol–water partition coefficient (Wildman–Crippen LogP) is -1.58. The van der Waals surface area contributed by atoms with Crippen molar-refractivity contribution in [3.8, 4) is 0 Å². The number of hydroxylamine groups is 4. The predicted molar refractivity (Wildman–Crippen MR) is 27.3 cm³/mol. The zero-order chi connectivity index (χ0) is 8.15. The van der Waals surface area contributed by atoms with Gasteiger partial charge in [0.2, 0.25) is 0 Å². The fourth-order valence-electron chi connectivity index (χ4n) is 0.277. The van der Waals surface area contributed by atoms with Gasteiger partial charge in [0.25, 0.3) is 0 Å². The van der Waals surface area contributed by atoms with Crippen molar-refractivity contribution in [1.29, 1.82) is 0 Å². The third-order valence-corrected chi connectivity index (χ3v) is 0.672. The van der Waals surface area contributed by atoms with Crippen LogP contribution in [0.2, 0.25) is 0 Å². The van der Waals surface area contributed by atoms with Crippen LogP contribution in [0.15, 0.2) is 5.16 Å². The molecule has 0 radical (unpaired) electrons. The number of nitrogens with two attached hydrogens (primary N) is 1. The summed E-state index contributed by atoms with van der Waals surface area (Å²) in [6.45, 7) is -0.434. The molecule has 60 valence electrons. The molecule has 10 heavy (non-hydrogen) atoms. The molecule has 0 aromatic heterocycles. The molecule has 0 rings (SSSR count). The van der Waals surface area contributed by atoms with Gasteiger partial charge in [-0.2, -0.15) is 0 Å². The number of nitrogens with zero attached hydrogens (tertiary/aromatic N) is 3. The Bertz CT molecular complexity index is 124. The van der Waals surface area contributed by atoms with Crippen LogP contribution in [-0.4, -0.2) is 43.7 Å². The first-order valence-electron chi connectivity index (χ1n) is 2.20. The van der Waals surface area contributed by atoms with Gasteiger partial charge >= 0.3 is 5.96 Å². The Balaban J connectivity index is 4.08. The first-order chi connectivity index (χ1) is 4.63. The summed E-state index contributed by atoms with van der Waals surface area (Å²) in [4.78, 5) is 0. The van der Waals surface area contributed by atoms with E-state index in [2.05, 4.69) is 5.16 Å². The SMILES string of the molecule is NCN(O)/C(=N/O)N(O)O. The van der Waals surface area contributed by atoms with Crippen molar-refractivity contribution in [3.63, 3.8) is 0 Å². The Labute approximate surface area is 55.9 Å². The van der Waals surface area contributed by atoms with Gasteiger partial charge in [-0.15, -0.1) is 0 Å². The van der Waals surface area contributed by atoms with Crippen LogP contribution in [-0.2, 0) is 0 Å². The summed E-state index contributed by atoms with van der Waals surface area (Å²) in [5, 5.41) is 34.7. The Kier molecular flexibility index (Phi) is 3.43. The fourth-order valence-corrected chi connectivity index (χ4v) is 0.277. The van der Waals surface area contributed by atoms with Crippen LogP contribution in [0.1, 0.15) is 0 Å². The van der Waals surface area contributed by atoms with E-state index in [0.717, 1.165) is 0 Å². The number of oxime groups is 1. The third-order valence-electron chi connectivity index (χ3n) is 0.672. The van der Waals surface area contributed by atoms with Gasteiger partial charge in [0.15, 0.2) is 0 Å². The minimum Gasteiger partial charge on any atom is -0.408 e. The van der Waals surface area contributed by atoms with Crippen molar-refractivity contribution in [2.75, 3.05) is 6.67 Å². The molecule has 0 amide bonds. The molecule has 0 fully saturated rings. The maximum Gasteiger partial charge on any atom is 0.313 e. The molecule has 0 atom stereocenters. The number of hydrogen-bond donors (Lipinski definition) is 5. The molecule has 0 spiro atoms. The van der Waals surface area contributed by atoms with Crippen LogP contribution in [0.4, 0.5) is 0 Å². The molecule has 0 saturated heterocycles. The van der Waals surface area contributed by atoms with Gasteiger partial charge in [-0.1, -0.05) is 5.23 Å². The fraction of sp³-hybridized carbons (Fsp3) is 0.500. The molecule has 8 heteroatoms. The van der Waals surface area contributed by atoms with Crippen LogP contribution < -0.4 is 5.73 Å². The molecular formula is C2H8N4O4. The largest absolute Gasteiger partial charge is 0.408 e. The minimum absolute atomic E-state index is 0.125. The summed E-state index contributed by atoms with van der Waals surface area (Å²) >= 11 is 0. The van der Waals surface area contributed by atoms with E-state index in [1.807, 2.05) is 0 Å². The molecule has 0 unspecified atom stereocenters. The first kappa shape index (κ1) is 8.91. The molecule has 0 bridgehead atoms. The number of hydrogen-bond acceptors (Lipinski definition) is 6. The van der Waals surface area contributed by atoms with Crippen LogP contribution in [0.5, 0.6) is 0 Å². The van der Waals surface area contributed by atoms with Gasteiger partial charge in [-0.3, -0.25) is 15.6 Å². The Morgan fingerprint density at radius 2 is 1.90 bits per heavy atom. The molecule has 0 aromatic carbocycles. The van der Waals surface area contributed by atoms with Crippen molar-refractivity contribution < 1.29 is 20.8 Å². The zero-order valence-electron chi connectivity index (χ0n) is 4.91. The van der Waals surface area contributed by atoms with E-state index in [0.29, 0.717) is 0 Å². The lowest BCUT2D eigenvalue weighted by molar-refractivity contribution is -0.264. The Morgan fingerprint density at radius 1 is 1.40 bits per heavy atom. The van der Waals surface area contributed by atoms with E-state index in [4.69, 9.17) is 26.6 Å². The van der Waals surface area contributed by atoms with Gasteiger partial charge in [-0.05, 0) is 5.16 Å². The standard InChI is InChI=1S/C2H8N4O4/c3-1-5(8)2(4-7)6(9)10/h7-10H,1,3H2/b4-2-. The lowest BCUT2D eigenvalue weighted by atomic mass is 10.9. The Hall–Kier alpha value is -1.09. The monoisotopic (exact) mass is 152 g/mol. The van der Waals surface area contributed by atoms with Crippen molar-refractivity contribution in [3.05, 3.63) is 0 Å². The summed E-state index contributed by atoms with van der Waals surface area (Å²) < 4.78 is 0. The van der Waals surface area contributed by atoms with Crippen molar-refractivity contribution >= 4 is 5.96 Å². The van der Waals surface area contributed by atoms with Gasteiger partial charge in [0.1, 0.15) is 0 Å². The third kappa shape index (κ3) is 2.03. The molecule has 0 heterocycles. The summed E-state index contributed by atoms with van der Waals surface area (Å²) in [7, 11) is 0. The maximum absolute atomic E-state index is 8.54. The van der Waals surface area contributed by atoms with Crippen LogP contribution >= 0.6 is 0 Å². The molecule has 8 nitrogen and oxygen atoms in total. The first-order valence-corrected chi connectivity index (χ1v) is 2.20. The molecular weight excluding hydrogens is 144 g/mol. The second-order valence-electron chi connectivity index (χ2n) is 1.27. The molecule has 0 aliphatic carbocycles. The topological polar surface area (TPSA) is 126 Å². The molecule has 0 aromatic rings. The number of guanidine groups is 1. The highest BCUT2D eigenvalue weighted by Gasteiger charge is 2.12. The van der Waals surface area contributed by atoms with Crippen molar-refractivity contribution in [2.24, 2.45) is 10.9 Å². The van der Waals surface area contributed by atoms with E-state index < -0.39 is 17.9 Å².